The van der Waals surface area contributed by atoms with Gasteiger partial charge in [-0.05, 0) is 31.9 Å². The monoisotopic (exact) mass is 235 g/mol. The first kappa shape index (κ1) is 14.2. The van der Waals surface area contributed by atoms with Crippen molar-refractivity contribution in [2.24, 2.45) is 0 Å². The molecule has 0 aliphatic rings. The maximum Gasteiger partial charge on any atom is 0.0720 e. The summed E-state index contributed by atoms with van der Waals surface area (Å²) in [6, 6.07) is 10.9. The zero-order chi connectivity index (χ0) is 12.5. The first-order chi connectivity index (χ1) is 8.18. The van der Waals surface area contributed by atoms with Crippen LogP contribution < -0.4 is 5.32 Å². The van der Waals surface area contributed by atoms with Gasteiger partial charge in [-0.1, -0.05) is 44.2 Å². The van der Waals surface area contributed by atoms with Crippen LogP contribution in [0, 0.1) is 0 Å². The van der Waals surface area contributed by atoms with Crippen LogP contribution in [0.5, 0.6) is 0 Å². The average molecular weight is 235 g/mol. The molecule has 0 radical (unpaired) electrons. The van der Waals surface area contributed by atoms with Gasteiger partial charge >= 0.3 is 0 Å². The second-order valence-corrected chi connectivity index (χ2v) is 4.86. The minimum absolute atomic E-state index is 0.337. The molecule has 0 fully saturated rings. The lowest BCUT2D eigenvalue weighted by Gasteiger charge is -2.14. The van der Waals surface area contributed by atoms with Crippen molar-refractivity contribution in [2.75, 3.05) is 6.54 Å². The highest BCUT2D eigenvalue weighted by Crippen LogP contribution is 2.06. The van der Waals surface area contributed by atoms with Gasteiger partial charge in [-0.2, -0.15) is 0 Å². The molecule has 0 heterocycles. The van der Waals surface area contributed by atoms with E-state index in [1.54, 1.807) is 0 Å². The van der Waals surface area contributed by atoms with E-state index in [2.05, 4.69) is 50.4 Å². The molecule has 1 rings (SSSR count). The molecular formula is C15H25NO. The summed E-state index contributed by atoms with van der Waals surface area (Å²) in [5.74, 6) is 0. The zero-order valence-electron chi connectivity index (χ0n) is 11.3. The van der Waals surface area contributed by atoms with E-state index in [0.29, 0.717) is 12.1 Å². The third-order valence-corrected chi connectivity index (χ3v) is 2.72. The summed E-state index contributed by atoms with van der Waals surface area (Å²) in [4.78, 5) is 0. The Morgan fingerprint density at radius 2 is 1.82 bits per heavy atom. The molecule has 0 saturated carbocycles. The maximum absolute atomic E-state index is 5.81. The van der Waals surface area contributed by atoms with Crippen LogP contribution in [0.15, 0.2) is 30.3 Å². The standard InChI is InChI=1S/C15H25NO/c1-13(2)16-11-7-8-14(3)17-12-15-9-5-4-6-10-15/h4-6,9-10,13-14,16H,7-8,11-12H2,1-3H3. The minimum atomic E-state index is 0.337. The van der Waals surface area contributed by atoms with Crippen LogP contribution in [0.3, 0.4) is 0 Å². The van der Waals surface area contributed by atoms with Crippen LogP contribution >= 0.6 is 0 Å². The fourth-order valence-electron chi connectivity index (χ4n) is 1.68. The quantitative estimate of drug-likeness (QED) is 0.698. The number of hydrogen-bond acceptors (Lipinski definition) is 2. The Hall–Kier alpha value is -0.860. The van der Waals surface area contributed by atoms with Crippen LogP contribution in [0.2, 0.25) is 0 Å². The average Bonchev–Trinajstić information content (AvgIpc) is 2.33. The molecule has 0 aromatic heterocycles. The van der Waals surface area contributed by atoms with E-state index in [4.69, 9.17) is 4.74 Å². The van der Waals surface area contributed by atoms with E-state index in [1.807, 2.05) is 6.07 Å². The molecule has 0 spiro atoms. The smallest absolute Gasteiger partial charge is 0.0720 e. The summed E-state index contributed by atoms with van der Waals surface area (Å²) in [5, 5.41) is 3.42. The van der Waals surface area contributed by atoms with Gasteiger partial charge in [0, 0.05) is 6.04 Å². The molecule has 0 aliphatic heterocycles. The second-order valence-electron chi connectivity index (χ2n) is 4.86. The van der Waals surface area contributed by atoms with Crippen molar-refractivity contribution < 1.29 is 4.74 Å². The van der Waals surface area contributed by atoms with E-state index < -0.39 is 0 Å². The predicted octanol–water partition coefficient (Wildman–Crippen LogP) is 3.37. The van der Waals surface area contributed by atoms with Gasteiger partial charge in [0.05, 0.1) is 12.7 Å². The van der Waals surface area contributed by atoms with Crippen LogP contribution in [0.25, 0.3) is 0 Å². The highest BCUT2D eigenvalue weighted by molar-refractivity contribution is 5.13. The molecule has 1 aromatic rings. The fraction of sp³-hybridized carbons (Fsp3) is 0.600. The number of rotatable bonds is 8. The van der Waals surface area contributed by atoms with Gasteiger partial charge in [-0.3, -0.25) is 0 Å². The van der Waals surface area contributed by atoms with Crippen LogP contribution in [-0.4, -0.2) is 18.7 Å². The summed E-state index contributed by atoms with van der Waals surface area (Å²) in [6.45, 7) is 8.30. The Morgan fingerprint density at radius 3 is 2.47 bits per heavy atom. The number of benzene rings is 1. The Morgan fingerprint density at radius 1 is 1.12 bits per heavy atom. The Labute approximate surface area is 105 Å². The molecule has 0 aliphatic carbocycles. The topological polar surface area (TPSA) is 21.3 Å². The summed E-state index contributed by atoms with van der Waals surface area (Å²) in [7, 11) is 0. The van der Waals surface area contributed by atoms with Gasteiger partial charge in [0.1, 0.15) is 0 Å². The van der Waals surface area contributed by atoms with Crippen molar-refractivity contribution >= 4 is 0 Å². The summed E-state index contributed by atoms with van der Waals surface area (Å²) < 4.78 is 5.81. The second kappa shape index (κ2) is 8.26. The molecule has 96 valence electrons. The van der Waals surface area contributed by atoms with Crippen molar-refractivity contribution in [2.45, 2.75) is 52.4 Å². The van der Waals surface area contributed by atoms with E-state index in [-0.39, 0.29) is 0 Å². The molecule has 0 bridgehead atoms. The maximum atomic E-state index is 5.81. The van der Waals surface area contributed by atoms with E-state index in [0.717, 1.165) is 19.6 Å². The molecule has 0 saturated heterocycles. The SMILES string of the molecule is CC(C)NCCCC(C)OCc1ccccc1. The molecule has 1 N–H and O–H groups in total. The van der Waals surface area contributed by atoms with Crippen LogP contribution in [0.1, 0.15) is 39.2 Å². The van der Waals surface area contributed by atoms with Gasteiger partial charge in [-0.15, -0.1) is 0 Å². The summed E-state index contributed by atoms with van der Waals surface area (Å²) in [6.07, 6.45) is 2.63. The highest BCUT2D eigenvalue weighted by Gasteiger charge is 2.02. The van der Waals surface area contributed by atoms with Gasteiger partial charge < -0.3 is 10.1 Å². The van der Waals surface area contributed by atoms with Crippen molar-refractivity contribution in [3.63, 3.8) is 0 Å². The zero-order valence-corrected chi connectivity index (χ0v) is 11.3. The molecule has 1 aromatic carbocycles. The Balaban J connectivity index is 2.07. The minimum Gasteiger partial charge on any atom is -0.374 e. The van der Waals surface area contributed by atoms with Crippen LogP contribution in [0.4, 0.5) is 0 Å². The lowest BCUT2D eigenvalue weighted by atomic mass is 10.2. The molecule has 0 amide bonds. The Kier molecular flexibility index (Phi) is 6.90. The molecule has 1 atom stereocenters. The van der Waals surface area contributed by atoms with Crippen LogP contribution in [-0.2, 0) is 11.3 Å². The first-order valence-electron chi connectivity index (χ1n) is 6.57. The van der Waals surface area contributed by atoms with Gasteiger partial charge in [0.25, 0.3) is 0 Å². The summed E-state index contributed by atoms with van der Waals surface area (Å²) >= 11 is 0. The molecule has 17 heavy (non-hydrogen) atoms. The van der Waals surface area contributed by atoms with Gasteiger partial charge in [0.15, 0.2) is 0 Å². The van der Waals surface area contributed by atoms with Crippen molar-refractivity contribution in [3.05, 3.63) is 35.9 Å². The molecular weight excluding hydrogens is 210 g/mol. The van der Waals surface area contributed by atoms with E-state index in [1.165, 1.54) is 12.0 Å². The Bertz CT molecular complexity index is 284. The lowest BCUT2D eigenvalue weighted by Crippen LogP contribution is -2.24. The molecule has 2 nitrogen and oxygen atoms in total. The normalized spacial score (nSPS) is 12.9. The molecule has 2 heteroatoms. The molecule has 1 unspecified atom stereocenters. The lowest BCUT2D eigenvalue weighted by molar-refractivity contribution is 0.0463. The van der Waals surface area contributed by atoms with Crippen molar-refractivity contribution in [3.8, 4) is 0 Å². The number of ether oxygens (including phenoxy) is 1. The van der Waals surface area contributed by atoms with E-state index >= 15 is 0 Å². The first-order valence-corrected chi connectivity index (χ1v) is 6.57. The highest BCUT2D eigenvalue weighted by atomic mass is 16.5. The summed E-state index contributed by atoms with van der Waals surface area (Å²) in [5.41, 5.74) is 1.25. The van der Waals surface area contributed by atoms with Crippen molar-refractivity contribution in [1.29, 1.82) is 0 Å². The van der Waals surface area contributed by atoms with Gasteiger partial charge in [-0.25, -0.2) is 0 Å². The predicted molar refractivity (Wildman–Crippen MR) is 73.1 cm³/mol. The third-order valence-electron chi connectivity index (χ3n) is 2.72. The third kappa shape index (κ3) is 7.14. The van der Waals surface area contributed by atoms with Crippen molar-refractivity contribution in [1.82, 2.24) is 5.32 Å². The van der Waals surface area contributed by atoms with Gasteiger partial charge in [0.2, 0.25) is 0 Å². The number of hydrogen-bond donors (Lipinski definition) is 1. The largest absolute Gasteiger partial charge is 0.374 e. The fourth-order valence-corrected chi connectivity index (χ4v) is 1.68. The van der Waals surface area contributed by atoms with E-state index in [9.17, 15) is 0 Å². The number of nitrogens with one attached hydrogen (secondary N) is 1.